The Morgan fingerprint density at radius 3 is 2.63 bits per heavy atom. The number of methoxy groups -OCH3 is 1. The van der Waals surface area contributed by atoms with E-state index in [0.717, 1.165) is 30.3 Å². The van der Waals surface area contributed by atoms with Crippen LogP contribution in [-0.2, 0) is 0 Å². The molecule has 1 N–H and O–H groups in total. The normalized spacial score (nSPS) is 15.7. The van der Waals surface area contributed by atoms with Crippen LogP contribution in [0.4, 0.5) is 10.5 Å². The summed E-state index contributed by atoms with van der Waals surface area (Å²) < 4.78 is 10.8. The van der Waals surface area contributed by atoms with Crippen molar-refractivity contribution in [3.8, 4) is 5.75 Å². The summed E-state index contributed by atoms with van der Waals surface area (Å²) in [6, 6.07) is 11.8. The molecule has 7 nitrogen and oxygen atoms in total. The lowest BCUT2D eigenvalue weighted by Gasteiger charge is -2.36. The van der Waals surface area contributed by atoms with Crippen molar-refractivity contribution in [1.82, 2.24) is 15.1 Å². The molecule has 3 rings (SSSR count). The van der Waals surface area contributed by atoms with Crippen LogP contribution in [0.15, 0.2) is 47.1 Å². The number of piperazine rings is 1. The van der Waals surface area contributed by atoms with Crippen molar-refractivity contribution in [2.75, 3.05) is 58.8 Å². The Labute approximate surface area is 160 Å². The van der Waals surface area contributed by atoms with Crippen LogP contribution < -0.4 is 15.0 Å². The first kappa shape index (κ1) is 19.1. The molecule has 1 atom stereocenters. The minimum atomic E-state index is -0.0290. The van der Waals surface area contributed by atoms with Crippen LogP contribution in [0.2, 0.25) is 0 Å². The van der Waals surface area contributed by atoms with Gasteiger partial charge < -0.3 is 24.3 Å². The number of hydrogen-bond acceptors (Lipinski definition) is 5. The van der Waals surface area contributed by atoms with Crippen LogP contribution in [0.25, 0.3) is 0 Å². The maximum absolute atomic E-state index is 12.6. The van der Waals surface area contributed by atoms with Gasteiger partial charge in [-0.3, -0.25) is 4.90 Å². The summed E-state index contributed by atoms with van der Waals surface area (Å²) >= 11 is 0. The van der Waals surface area contributed by atoms with E-state index in [9.17, 15) is 4.79 Å². The Morgan fingerprint density at radius 1 is 1.22 bits per heavy atom. The highest BCUT2D eigenvalue weighted by atomic mass is 16.5. The molecule has 2 aromatic rings. The van der Waals surface area contributed by atoms with Crippen molar-refractivity contribution < 1.29 is 13.9 Å². The van der Waals surface area contributed by atoms with Crippen molar-refractivity contribution in [2.45, 2.75) is 6.04 Å². The largest absolute Gasteiger partial charge is 0.497 e. The second-order valence-corrected chi connectivity index (χ2v) is 6.86. The van der Waals surface area contributed by atoms with Gasteiger partial charge in [0, 0.05) is 44.5 Å². The lowest BCUT2D eigenvalue weighted by atomic mass is 10.2. The van der Waals surface area contributed by atoms with Crippen LogP contribution in [0, 0.1) is 0 Å². The van der Waals surface area contributed by atoms with E-state index in [1.165, 1.54) is 0 Å². The van der Waals surface area contributed by atoms with Gasteiger partial charge in [-0.15, -0.1) is 0 Å². The average molecular weight is 372 g/mol. The number of furan rings is 1. The van der Waals surface area contributed by atoms with Gasteiger partial charge in [-0.1, -0.05) is 6.07 Å². The number of urea groups is 1. The topological polar surface area (TPSA) is 61.2 Å². The standard InChI is InChI=1S/C20H28N4O3/c1-22(2)18(19-8-5-13-27-19)15-21-20(25)24-11-9-23(10-12-24)16-6-4-7-17(14-16)26-3/h4-8,13-14,18H,9-12,15H2,1-3H3,(H,21,25). The summed E-state index contributed by atoms with van der Waals surface area (Å²) in [7, 11) is 5.63. The minimum Gasteiger partial charge on any atom is -0.497 e. The number of amides is 2. The maximum atomic E-state index is 12.6. The SMILES string of the molecule is COc1cccc(N2CCN(C(=O)NCC(c3ccco3)N(C)C)CC2)c1. The van der Waals surface area contributed by atoms with Gasteiger partial charge in [0.15, 0.2) is 0 Å². The number of nitrogens with zero attached hydrogens (tertiary/aromatic N) is 3. The summed E-state index contributed by atoms with van der Waals surface area (Å²) in [5.41, 5.74) is 1.12. The number of anilines is 1. The first-order valence-corrected chi connectivity index (χ1v) is 9.20. The molecule has 146 valence electrons. The molecular formula is C20H28N4O3. The van der Waals surface area contributed by atoms with E-state index in [2.05, 4.69) is 16.3 Å². The molecule has 0 bridgehead atoms. The van der Waals surface area contributed by atoms with Crippen LogP contribution in [0.1, 0.15) is 11.8 Å². The quantitative estimate of drug-likeness (QED) is 0.844. The van der Waals surface area contributed by atoms with Crippen LogP contribution >= 0.6 is 0 Å². The molecule has 2 heterocycles. The molecule has 0 radical (unpaired) electrons. The third-order valence-corrected chi connectivity index (χ3v) is 4.93. The van der Waals surface area contributed by atoms with Crippen molar-refractivity contribution >= 4 is 11.7 Å². The number of carbonyl (C=O) groups excluding carboxylic acids is 1. The molecule has 7 heteroatoms. The summed E-state index contributed by atoms with van der Waals surface area (Å²) in [6.45, 7) is 3.49. The Balaban J connectivity index is 1.51. The molecule has 27 heavy (non-hydrogen) atoms. The number of likely N-dealkylation sites (N-methyl/N-ethyl adjacent to an activating group) is 1. The van der Waals surface area contributed by atoms with Crippen LogP contribution in [0.3, 0.4) is 0 Å². The Hall–Kier alpha value is -2.67. The highest BCUT2D eigenvalue weighted by Crippen LogP contribution is 2.22. The molecule has 1 aromatic carbocycles. The number of carbonyl (C=O) groups is 1. The summed E-state index contributed by atoms with van der Waals surface area (Å²) in [6.07, 6.45) is 1.66. The first-order chi connectivity index (χ1) is 13.1. The van der Waals surface area contributed by atoms with Gasteiger partial charge in [-0.25, -0.2) is 4.79 Å². The van der Waals surface area contributed by atoms with E-state index in [4.69, 9.17) is 9.15 Å². The zero-order valence-electron chi connectivity index (χ0n) is 16.2. The van der Waals surface area contributed by atoms with E-state index in [0.29, 0.717) is 19.6 Å². The zero-order chi connectivity index (χ0) is 19.2. The van der Waals surface area contributed by atoms with Gasteiger partial charge in [0.1, 0.15) is 11.5 Å². The second-order valence-electron chi connectivity index (χ2n) is 6.86. The second kappa shape index (κ2) is 8.81. The highest BCUT2D eigenvalue weighted by molar-refractivity contribution is 5.74. The van der Waals surface area contributed by atoms with Gasteiger partial charge in [0.05, 0.1) is 19.4 Å². The monoisotopic (exact) mass is 372 g/mol. The molecule has 1 unspecified atom stereocenters. The molecule has 1 aliphatic heterocycles. The number of benzene rings is 1. The zero-order valence-corrected chi connectivity index (χ0v) is 16.2. The lowest BCUT2D eigenvalue weighted by molar-refractivity contribution is 0.186. The lowest BCUT2D eigenvalue weighted by Crippen LogP contribution is -2.52. The predicted octanol–water partition coefficient (Wildman–Crippen LogP) is 2.42. The number of rotatable bonds is 6. The Morgan fingerprint density at radius 2 is 2.00 bits per heavy atom. The number of hydrogen-bond donors (Lipinski definition) is 1. The van der Waals surface area contributed by atoms with Crippen molar-refractivity contribution in [2.24, 2.45) is 0 Å². The molecule has 0 aliphatic carbocycles. The van der Waals surface area contributed by atoms with Crippen molar-refractivity contribution in [3.63, 3.8) is 0 Å². The minimum absolute atomic E-state index is 0.0158. The fourth-order valence-electron chi connectivity index (χ4n) is 3.29. The Bertz CT molecular complexity index is 725. The maximum Gasteiger partial charge on any atom is 0.317 e. The van der Waals surface area contributed by atoms with E-state index in [-0.39, 0.29) is 12.1 Å². The van der Waals surface area contributed by atoms with E-state index in [1.54, 1.807) is 13.4 Å². The van der Waals surface area contributed by atoms with Gasteiger partial charge in [0.2, 0.25) is 0 Å². The predicted molar refractivity (Wildman–Crippen MR) is 105 cm³/mol. The molecule has 0 saturated carbocycles. The molecule has 1 saturated heterocycles. The number of ether oxygens (including phenoxy) is 1. The van der Waals surface area contributed by atoms with E-state index < -0.39 is 0 Å². The average Bonchev–Trinajstić information content (AvgIpc) is 3.22. The van der Waals surface area contributed by atoms with Gasteiger partial charge in [-0.2, -0.15) is 0 Å². The molecule has 1 fully saturated rings. The Kier molecular flexibility index (Phi) is 6.24. The fourth-order valence-corrected chi connectivity index (χ4v) is 3.29. The molecule has 2 amide bonds. The van der Waals surface area contributed by atoms with Gasteiger partial charge >= 0.3 is 6.03 Å². The highest BCUT2D eigenvalue weighted by Gasteiger charge is 2.23. The summed E-state index contributed by atoms with van der Waals surface area (Å²) in [5.74, 6) is 1.70. The number of nitrogens with one attached hydrogen (secondary N) is 1. The summed E-state index contributed by atoms with van der Waals surface area (Å²) in [5, 5.41) is 3.04. The van der Waals surface area contributed by atoms with Crippen molar-refractivity contribution in [1.29, 1.82) is 0 Å². The first-order valence-electron chi connectivity index (χ1n) is 9.20. The van der Waals surface area contributed by atoms with Crippen LogP contribution in [0.5, 0.6) is 5.75 Å². The third kappa shape index (κ3) is 4.74. The summed E-state index contributed by atoms with van der Waals surface area (Å²) in [4.78, 5) is 18.7. The van der Waals surface area contributed by atoms with Gasteiger partial charge in [0.25, 0.3) is 0 Å². The van der Waals surface area contributed by atoms with E-state index >= 15 is 0 Å². The van der Waals surface area contributed by atoms with Gasteiger partial charge in [-0.05, 0) is 38.4 Å². The molecule has 0 spiro atoms. The third-order valence-electron chi connectivity index (χ3n) is 4.93. The van der Waals surface area contributed by atoms with E-state index in [1.807, 2.05) is 54.2 Å². The smallest absolute Gasteiger partial charge is 0.317 e. The molecule has 1 aliphatic rings. The van der Waals surface area contributed by atoms with Crippen LogP contribution in [-0.4, -0.2) is 69.8 Å². The molecule has 1 aromatic heterocycles. The van der Waals surface area contributed by atoms with Crippen molar-refractivity contribution in [3.05, 3.63) is 48.4 Å². The molecular weight excluding hydrogens is 344 g/mol. The fraction of sp³-hybridized carbons (Fsp3) is 0.450.